The van der Waals surface area contributed by atoms with Gasteiger partial charge in [-0.25, -0.2) is 0 Å². The number of nitrogens with one attached hydrogen (secondary N) is 1. The molecule has 2 nitrogen and oxygen atoms in total. The first-order valence-electron chi connectivity index (χ1n) is 8.53. The molecule has 0 heterocycles. The van der Waals surface area contributed by atoms with Crippen LogP contribution in [0.5, 0.6) is 5.75 Å². The molecule has 0 spiro atoms. The van der Waals surface area contributed by atoms with Gasteiger partial charge < -0.3 is 10.1 Å². The molecule has 0 radical (unpaired) electrons. The SMILES string of the molecule is CCCNC(c1ccc(OC)c(C)c1)C1CCCC(C)C1. The van der Waals surface area contributed by atoms with Crippen LogP contribution in [0.4, 0.5) is 0 Å². The van der Waals surface area contributed by atoms with E-state index in [0.717, 1.165) is 24.1 Å². The molecule has 0 bridgehead atoms. The van der Waals surface area contributed by atoms with Crippen LogP contribution in [-0.4, -0.2) is 13.7 Å². The van der Waals surface area contributed by atoms with Gasteiger partial charge in [-0.05, 0) is 61.8 Å². The predicted molar refractivity (Wildman–Crippen MR) is 89.9 cm³/mol. The molecular weight excluding hydrogens is 258 g/mol. The van der Waals surface area contributed by atoms with Gasteiger partial charge in [-0.15, -0.1) is 0 Å². The standard InChI is InChI=1S/C19H31NO/c1-5-11-20-19(16-8-6-7-14(2)12-16)17-9-10-18(21-4)15(3)13-17/h9-10,13-14,16,19-20H,5-8,11-12H2,1-4H3. The van der Waals surface area contributed by atoms with E-state index >= 15 is 0 Å². The summed E-state index contributed by atoms with van der Waals surface area (Å²) in [5, 5.41) is 3.80. The lowest BCUT2D eigenvalue weighted by Crippen LogP contribution is -2.31. The summed E-state index contributed by atoms with van der Waals surface area (Å²) >= 11 is 0. The highest BCUT2D eigenvalue weighted by Gasteiger charge is 2.27. The van der Waals surface area contributed by atoms with Crippen molar-refractivity contribution in [2.24, 2.45) is 11.8 Å². The number of benzene rings is 1. The molecule has 2 rings (SSSR count). The van der Waals surface area contributed by atoms with Crippen molar-refractivity contribution < 1.29 is 4.74 Å². The molecule has 3 atom stereocenters. The van der Waals surface area contributed by atoms with E-state index in [4.69, 9.17) is 4.74 Å². The van der Waals surface area contributed by atoms with Crippen LogP contribution in [-0.2, 0) is 0 Å². The summed E-state index contributed by atoms with van der Waals surface area (Å²) in [6, 6.07) is 7.18. The Bertz CT molecular complexity index is 443. The van der Waals surface area contributed by atoms with Crippen molar-refractivity contribution >= 4 is 0 Å². The maximum Gasteiger partial charge on any atom is 0.121 e. The lowest BCUT2D eigenvalue weighted by molar-refractivity contribution is 0.223. The Balaban J connectivity index is 2.20. The minimum Gasteiger partial charge on any atom is -0.496 e. The first-order valence-corrected chi connectivity index (χ1v) is 8.53. The van der Waals surface area contributed by atoms with Crippen molar-refractivity contribution in [3.05, 3.63) is 29.3 Å². The number of ether oxygens (including phenoxy) is 1. The first kappa shape index (κ1) is 16.4. The molecular formula is C19H31NO. The molecule has 1 N–H and O–H groups in total. The minimum atomic E-state index is 0.498. The highest BCUT2D eigenvalue weighted by molar-refractivity contribution is 5.37. The zero-order valence-corrected chi connectivity index (χ0v) is 14.1. The molecule has 1 aromatic carbocycles. The summed E-state index contributed by atoms with van der Waals surface area (Å²) in [7, 11) is 1.75. The smallest absolute Gasteiger partial charge is 0.121 e. The summed E-state index contributed by atoms with van der Waals surface area (Å²) < 4.78 is 5.40. The molecule has 1 saturated carbocycles. The van der Waals surface area contributed by atoms with E-state index in [0.29, 0.717) is 6.04 Å². The van der Waals surface area contributed by atoms with Crippen LogP contribution >= 0.6 is 0 Å². The Labute approximate surface area is 130 Å². The van der Waals surface area contributed by atoms with Crippen molar-refractivity contribution in [1.82, 2.24) is 5.32 Å². The fourth-order valence-electron chi connectivity index (χ4n) is 3.74. The van der Waals surface area contributed by atoms with E-state index in [9.17, 15) is 0 Å². The van der Waals surface area contributed by atoms with Gasteiger partial charge in [-0.2, -0.15) is 0 Å². The lowest BCUT2D eigenvalue weighted by Gasteiger charge is -2.34. The topological polar surface area (TPSA) is 21.3 Å². The summed E-state index contributed by atoms with van der Waals surface area (Å²) in [5.41, 5.74) is 2.67. The normalized spacial score (nSPS) is 23.8. The molecule has 21 heavy (non-hydrogen) atoms. The van der Waals surface area contributed by atoms with Gasteiger partial charge in [-0.3, -0.25) is 0 Å². The second kappa shape index (κ2) is 7.84. The lowest BCUT2D eigenvalue weighted by atomic mass is 9.76. The number of hydrogen-bond donors (Lipinski definition) is 1. The van der Waals surface area contributed by atoms with Crippen LogP contribution in [0.3, 0.4) is 0 Å². The maximum absolute atomic E-state index is 5.40. The van der Waals surface area contributed by atoms with E-state index in [-0.39, 0.29) is 0 Å². The van der Waals surface area contributed by atoms with Crippen molar-refractivity contribution in [2.45, 2.75) is 58.9 Å². The first-order chi connectivity index (χ1) is 10.2. The summed E-state index contributed by atoms with van der Waals surface area (Å²) in [6.45, 7) is 7.89. The second-order valence-electron chi connectivity index (χ2n) is 6.69. The fraction of sp³-hybridized carbons (Fsp3) is 0.684. The van der Waals surface area contributed by atoms with Crippen LogP contribution < -0.4 is 10.1 Å². The average Bonchev–Trinajstić information content (AvgIpc) is 2.48. The van der Waals surface area contributed by atoms with Crippen molar-refractivity contribution in [3.8, 4) is 5.75 Å². The Hall–Kier alpha value is -1.02. The van der Waals surface area contributed by atoms with Crippen LogP contribution in [0.1, 0.15) is 63.1 Å². The molecule has 0 amide bonds. The Morgan fingerprint density at radius 2 is 2.14 bits per heavy atom. The zero-order chi connectivity index (χ0) is 15.2. The molecule has 1 aliphatic carbocycles. The van der Waals surface area contributed by atoms with Crippen LogP contribution in [0.15, 0.2) is 18.2 Å². The molecule has 1 aromatic rings. The molecule has 3 unspecified atom stereocenters. The predicted octanol–water partition coefficient (Wildman–Crippen LogP) is 4.87. The molecule has 118 valence electrons. The van der Waals surface area contributed by atoms with Crippen LogP contribution in [0.25, 0.3) is 0 Å². The Kier molecular flexibility index (Phi) is 6.10. The van der Waals surface area contributed by atoms with Crippen molar-refractivity contribution in [1.29, 1.82) is 0 Å². The van der Waals surface area contributed by atoms with Gasteiger partial charge in [0.25, 0.3) is 0 Å². The quantitative estimate of drug-likeness (QED) is 0.806. The summed E-state index contributed by atoms with van der Waals surface area (Å²) in [5.74, 6) is 2.63. The molecule has 1 aliphatic rings. The molecule has 0 saturated heterocycles. The number of hydrogen-bond acceptors (Lipinski definition) is 2. The van der Waals surface area contributed by atoms with Crippen LogP contribution in [0, 0.1) is 18.8 Å². The average molecular weight is 289 g/mol. The highest BCUT2D eigenvalue weighted by Crippen LogP contribution is 2.38. The maximum atomic E-state index is 5.40. The molecule has 2 heteroatoms. The largest absolute Gasteiger partial charge is 0.496 e. The molecule has 0 aromatic heterocycles. The van der Waals surface area contributed by atoms with Gasteiger partial charge >= 0.3 is 0 Å². The minimum absolute atomic E-state index is 0.498. The number of rotatable bonds is 6. The fourth-order valence-corrected chi connectivity index (χ4v) is 3.74. The van der Waals surface area contributed by atoms with Crippen molar-refractivity contribution in [3.63, 3.8) is 0 Å². The van der Waals surface area contributed by atoms with Crippen LogP contribution in [0.2, 0.25) is 0 Å². The van der Waals surface area contributed by atoms with Gasteiger partial charge in [0.05, 0.1) is 7.11 Å². The monoisotopic (exact) mass is 289 g/mol. The van der Waals surface area contributed by atoms with Gasteiger partial charge in [0.1, 0.15) is 5.75 Å². The van der Waals surface area contributed by atoms with Gasteiger partial charge in [0.15, 0.2) is 0 Å². The third-order valence-corrected chi connectivity index (χ3v) is 4.84. The van der Waals surface area contributed by atoms with Gasteiger partial charge in [0.2, 0.25) is 0 Å². The summed E-state index contributed by atoms with van der Waals surface area (Å²) in [4.78, 5) is 0. The van der Waals surface area contributed by atoms with E-state index in [1.54, 1.807) is 7.11 Å². The third kappa shape index (κ3) is 4.23. The van der Waals surface area contributed by atoms with Gasteiger partial charge in [0, 0.05) is 6.04 Å². The van der Waals surface area contributed by atoms with E-state index in [1.165, 1.54) is 43.2 Å². The third-order valence-electron chi connectivity index (χ3n) is 4.84. The highest BCUT2D eigenvalue weighted by atomic mass is 16.5. The number of aryl methyl sites for hydroxylation is 1. The van der Waals surface area contributed by atoms with Gasteiger partial charge in [-0.1, -0.05) is 38.8 Å². The van der Waals surface area contributed by atoms with E-state index < -0.39 is 0 Å². The zero-order valence-electron chi connectivity index (χ0n) is 14.1. The Morgan fingerprint density at radius 1 is 1.33 bits per heavy atom. The van der Waals surface area contributed by atoms with E-state index in [2.05, 4.69) is 44.3 Å². The molecule has 1 fully saturated rings. The summed E-state index contributed by atoms with van der Waals surface area (Å²) in [6.07, 6.45) is 6.68. The van der Waals surface area contributed by atoms with Crippen molar-refractivity contribution in [2.75, 3.05) is 13.7 Å². The number of methoxy groups -OCH3 is 1. The second-order valence-corrected chi connectivity index (χ2v) is 6.69. The van der Waals surface area contributed by atoms with E-state index in [1.807, 2.05) is 0 Å². The molecule has 0 aliphatic heterocycles. The Morgan fingerprint density at radius 3 is 2.76 bits per heavy atom.